The van der Waals surface area contributed by atoms with Gasteiger partial charge in [-0.05, 0) is 96.1 Å². The number of nitrogens with zero attached hydrogens (tertiary/aromatic N) is 4. The molecule has 4 aliphatic rings. The fraction of sp³-hybridized carbons (Fsp3) is 0.586. The Bertz CT molecular complexity index is 3180. The largest absolute Gasteiger partial charge is 1.00 e. The van der Waals surface area contributed by atoms with E-state index in [0.717, 1.165) is 86.5 Å². The monoisotopic (exact) mass is 1520 g/mol. The second kappa shape index (κ2) is 59.1. The number of rotatable bonds is 26. The second-order valence-corrected chi connectivity index (χ2v) is 28.4. The van der Waals surface area contributed by atoms with Crippen molar-refractivity contribution in [1.29, 1.82) is 0 Å². The zero-order valence-electron chi connectivity index (χ0n) is 69.1. The molecule has 0 aromatic heterocycles. The smallest absolute Gasteiger partial charge is 0.481 e. The molecule has 22 heteroatoms. The molecule has 0 bridgehead atoms. The van der Waals surface area contributed by atoms with Gasteiger partial charge < -0.3 is 37.9 Å². The number of hydrogen-bond acceptors (Lipinski definition) is 14. The number of carboxylic acid groups (broad SMARTS) is 1. The minimum absolute atomic E-state index is 0. The molecular weight excluding hydrogens is 1390 g/mol. The number of carboxylic acids is 1. The molecule has 0 radical (unpaired) electrons. The van der Waals surface area contributed by atoms with Crippen molar-refractivity contribution in [2.24, 2.45) is 47.3 Å². The van der Waals surface area contributed by atoms with Crippen LogP contribution in [0, 0.1) is 61.2 Å². The van der Waals surface area contributed by atoms with E-state index in [1.54, 1.807) is 0 Å². The fourth-order valence-corrected chi connectivity index (χ4v) is 11.7. The standard InChI is InChI=1S/C18H25NO3.C17H23NO3.C16H21NO3.C15H19NO3.C6H11ClO.C6H12O2.2C4H9.CH4.2Li/c1-5-12(3)15(6-2)17(20)19-13(4)16(22-18(19)21)14-10-8-7-9-11-14;1-4-12(3)14(5-2)16(19)18-15(11-21-17(18)20)13-9-7-6-8-10-13;1-4-11(2)10-14(18)17-12(3)15(20-16(17)19)13-8-6-5-7-9-13;1-3-11(2)9-14(17)16-13(10-19-15(16)18)12-7-5-4-6-8-12;2*1-3-5(2)4-6(7)8;2*1-3-4-2;;;/h7-13,15-16H,5-6H2,1-4H3;6-10,12,14-15H,4-5,11H2,1-3H3;5-9,11-12,15H,4,10H2,1-3H3;4-8,11,13H,3,9-10H2,1-2H3;5H,3-4H2,1-2H3;5H,3-4H2,1-2H3,(H,7,8);2*1,3-4H2,2H3;1H4;;/q;;;;;;2*-1;;2*+1/t12-,13+,15+,16-;12-,14-,15+;11-,12+,15-;11-,13+;2*5-;;;;;/m000000...../s1. The van der Waals surface area contributed by atoms with Crippen LogP contribution >= 0.6 is 11.6 Å². The van der Waals surface area contributed by atoms with Crippen LogP contribution in [-0.4, -0.2) is 109 Å². The van der Waals surface area contributed by atoms with Crippen LogP contribution < -0.4 is 37.7 Å². The summed E-state index contributed by atoms with van der Waals surface area (Å²) >= 11 is 5.11. The quantitative estimate of drug-likeness (QED) is 0.0266. The Morgan fingerprint density at radius 1 is 0.422 bits per heavy atom. The Labute approximate surface area is 684 Å². The second-order valence-electron chi connectivity index (χ2n) is 28.0. The summed E-state index contributed by atoms with van der Waals surface area (Å²) in [7, 11) is 0. The Morgan fingerprint density at radius 2 is 0.706 bits per heavy atom. The van der Waals surface area contributed by atoms with Crippen LogP contribution in [0.25, 0.3) is 0 Å². The van der Waals surface area contributed by atoms with Crippen molar-refractivity contribution in [3.63, 3.8) is 0 Å². The molecule has 0 unspecified atom stereocenters. The predicted octanol–water partition coefficient (Wildman–Crippen LogP) is 16.2. The zero-order valence-corrected chi connectivity index (χ0v) is 69.9. The molecule has 0 spiro atoms. The number of carbonyl (C=O) groups is 10. The molecule has 4 aromatic carbocycles. The number of amides is 8. The van der Waals surface area contributed by atoms with E-state index in [-0.39, 0.29) is 159 Å². The summed E-state index contributed by atoms with van der Waals surface area (Å²) in [4.78, 5) is 123. The molecule has 1 N–H and O–H groups in total. The summed E-state index contributed by atoms with van der Waals surface area (Å²) in [5, 5.41) is 7.99. The molecule has 8 amide bonds. The van der Waals surface area contributed by atoms with Gasteiger partial charge in [-0.15, -0.1) is 0 Å². The van der Waals surface area contributed by atoms with Crippen molar-refractivity contribution >= 4 is 70.8 Å². The van der Waals surface area contributed by atoms with Crippen LogP contribution in [0.15, 0.2) is 121 Å². The topological polar surface area (TPSA) is 241 Å². The van der Waals surface area contributed by atoms with Crippen molar-refractivity contribution in [3.8, 4) is 0 Å². The Hall–Kier alpha value is -6.74. The maximum absolute atomic E-state index is 12.8. The van der Waals surface area contributed by atoms with Crippen LogP contribution in [-0.2, 0) is 47.7 Å². The maximum atomic E-state index is 12.8. The molecule has 4 saturated heterocycles. The van der Waals surface area contributed by atoms with Crippen LogP contribution in [0.4, 0.5) is 19.2 Å². The first-order valence-corrected chi connectivity index (χ1v) is 39.0. The van der Waals surface area contributed by atoms with E-state index in [2.05, 4.69) is 55.4 Å². The third-order valence-corrected chi connectivity index (χ3v) is 19.8. The number of halogens is 1. The molecule has 0 aliphatic carbocycles. The summed E-state index contributed by atoms with van der Waals surface area (Å²) in [5.74, 6) is 0.376. The number of ether oxygens (including phenoxy) is 4. The van der Waals surface area contributed by atoms with Gasteiger partial charge in [0.2, 0.25) is 28.9 Å². The first-order chi connectivity index (χ1) is 50.4. The molecular formula is C87H133ClLi2N4O15. The minimum atomic E-state index is -0.695. The predicted molar refractivity (Wildman–Crippen MR) is 427 cm³/mol. The van der Waals surface area contributed by atoms with Gasteiger partial charge in [-0.25, -0.2) is 38.8 Å². The van der Waals surface area contributed by atoms with Gasteiger partial charge in [0.05, 0.1) is 12.1 Å². The molecule has 4 aromatic rings. The van der Waals surface area contributed by atoms with Gasteiger partial charge in [0.15, 0.2) is 0 Å². The molecule has 109 heavy (non-hydrogen) atoms. The van der Waals surface area contributed by atoms with Gasteiger partial charge in [-0.2, -0.15) is 12.8 Å². The van der Waals surface area contributed by atoms with Gasteiger partial charge in [0, 0.05) is 37.5 Å². The average Bonchev–Trinajstić information content (AvgIpc) is 1.64. The number of carbonyl (C=O) groups excluding carboxylic acids is 9. The van der Waals surface area contributed by atoms with E-state index < -0.39 is 30.3 Å². The van der Waals surface area contributed by atoms with Gasteiger partial charge >= 0.3 is 68.1 Å². The van der Waals surface area contributed by atoms with Crippen molar-refractivity contribution in [2.75, 3.05) is 13.2 Å². The van der Waals surface area contributed by atoms with Gasteiger partial charge in [0.25, 0.3) is 0 Å². The Balaban J connectivity index is -0.00000124. The summed E-state index contributed by atoms with van der Waals surface area (Å²) in [5.41, 5.74) is 3.73. The van der Waals surface area contributed by atoms with Crippen molar-refractivity contribution in [1.82, 2.24) is 19.6 Å². The van der Waals surface area contributed by atoms with Crippen LogP contribution in [0.2, 0.25) is 0 Å². The van der Waals surface area contributed by atoms with Gasteiger partial charge in [-0.3, -0.25) is 28.8 Å². The van der Waals surface area contributed by atoms with Crippen molar-refractivity contribution < 1.29 is 110 Å². The maximum Gasteiger partial charge on any atom is 1.00 e. The fourth-order valence-electron chi connectivity index (χ4n) is 11.4. The van der Waals surface area contributed by atoms with E-state index in [1.807, 2.05) is 204 Å². The molecule has 8 rings (SSSR count). The average molecular weight is 1520 g/mol. The molecule has 600 valence electrons. The number of benzene rings is 4. The zero-order chi connectivity index (χ0) is 80.2. The van der Waals surface area contributed by atoms with Crippen LogP contribution in [0.3, 0.4) is 0 Å². The van der Waals surface area contributed by atoms with Gasteiger partial charge in [-0.1, -0.05) is 291 Å². The first-order valence-electron chi connectivity index (χ1n) is 38.7. The summed E-state index contributed by atoms with van der Waals surface area (Å²) in [6.45, 7) is 44.0. The molecule has 4 fully saturated rings. The number of unbranched alkanes of at least 4 members (excludes halogenated alkanes) is 2. The third kappa shape index (κ3) is 36.5. The van der Waals surface area contributed by atoms with E-state index >= 15 is 0 Å². The number of cyclic esters (lactones) is 4. The van der Waals surface area contributed by atoms with E-state index in [4.69, 9.17) is 35.7 Å². The molecule has 4 aliphatic heterocycles. The van der Waals surface area contributed by atoms with Crippen LogP contribution in [0.1, 0.15) is 281 Å². The van der Waals surface area contributed by atoms with Gasteiger partial charge in [0.1, 0.15) is 37.5 Å². The summed E-state index contributed by atoms with van der Waals surface area (Å²) in [6.07, 6.45) is 10.4. The third-order valence-electron chi connectivity index (χ3n) is 19.7. The minimum Gasteiger partial charge on any atom is -0.481 e. The first kappa shape index (κ1) is 106. The molecule has 19 nitrogen and oxygen atoms in total. The molecule has 4 heterocycles. The summed E-state index contributed by atoms with van der Waals surface area (Å²) in [6, 6.07) is 37.1. The molecule has 14 atom stereocenters. The van der Waals surface area contributed by atoms with Crippen molar-refractivity contribution in [2.45, 2.75) is 271 Å². The number of aliphatic carboxylic acids is 1. The Kier molecular flexibility index (Phi) is 57.7. The van der Waals surface area contributed by atoms with E-state index in [0.29, 0.717) is 37.5 Å². The van der Waals surface area contributed by atoms with E-state index in [9.17, 15) is 47.9 Å². The molecule has 0 saturated carbocycles. The Morgan fingerprint density at radius 3 is 1.00 bits per heavy atom. The number of imide groups is 4. The summed E-state index contributed by atoms with van der Waals surface area (Å²) < 4.78 is 21.0. The van der Waals surface area contributed by atoms with Crippen molar-refractivity contribution in [3.05, 3.63) is 157 Å². The van der Waals surface area contributed by atoms with E-state index in [1.165, 1.54) is 32.4 Å². The van der Waals surface area contributed by atoms with Crippen LogP contribution in [0.5, 0.6) is 0 Å². The number of hydrogen-bond donors (Lipinski definition) is 1. The normalized spacial score (nSPS) is 19.2. The SMILES string of the molecule is C.CC[C@H](C(=O)N1C(=O)OC[C@@H]1c1ccccc1)[C@@H](C)CC.CC[C@H](C)CC(=O)Cl.CC[C@H](C)CC(=O)N1C(=O)OC[C@@H]1c1ccccc1.CC[C@H](C)CC(=O)N1C(=O)O[C@H](c2ccccc2)[C@H]1C.CC[C@H](C)CC(=O)O.CC[C@H](C)[C@@H](CC)C(=O)N1C(=O)O[C@H](c2ccccc2)[C@H]1C.[CH2-]CCC.[CH2-]CCC.[Li+].[Li+].